The zero-order chi connectivity index (χ0) is 15.9. The largest absolute Gasteiger partial charge is 0.457 e. The Bertz CT molecular complexity index is 774. The van der Waals surface area contributed by atoms with Crippen LogP contribution in [0.2, 0.25) is 5.15 Å². The van der Waals surface area contributed by atoms with Crippen molar-refractivity contribution in [3.8, 4) is 11.5 Å². The number of nitrogens with zero attached hydrogens (tertiary/aromatic N) is 3. The predicted molar refractivity (Wildman–Crippen MR) is 91.2 cm³/mol. The highest BCUT2D eigenvalue weighted by Crippen LogP contribution is 2.20. The number of anilines is 1. The number of rotatable bonds is 5. The second kappa shape index (κ2) is 7.38. The lowest BCUT2D eigenvalue weighted by Crippen LogP contribution is -1.95. The lowest BCUT2D eigenvalue weighted by Gasteiger charge is -2.05. The molecule has 0 saturated carbocycles. The summed E-state index contributed by atoms with van der Waals surface area (Å²) in [5, 5.41) is 12.0. The topological polar surface area (TPSA) is 59.4 Å². The quantitative estimate of drug-likeness (QED) is 0.559. The molecule has 23 heavy (non-hydrogen) atoms. The third-order valence-corrected chi connectivity index (χ3v) is 3.09. The lowest BCUT2D eigenvalue weighted by molar-refractivity contribution is 0.482. The molecule has 0 aliphatic heterocycles. The Labute approximate surface area is 138 Å². The molecule has 0 spiro atoms. The molecule has 0 fully saturated rings. The SMILES string of the molecule is Clc1ccc(NN=Cc2ccc(Oc3ccccc3)cc2)nn1. The van der Waals surface area contributed by atoms with Crippen LogP contribution in [0.25, 0.3) is 0 Å². The van der Waals surface area contributed by atoms with Gasteiger partial charge in [0.25, 0.3) is 0 Å². The van der Waals surface area contributed by atoms with Gasteiger partial charge in [-0.2, -0.15) is 5.10 Å². The number of para-hydroxylation sites is 1. The van der Waals surface area contributed by atoms with E-state index in [2.05, 4.69) is 20.7 Å². The van der Waals surface area contributed by atoms with Crippen molar-refractivity contribution in [1.29, 1.82) is 0 Å². The standard InChI is InChI=1S/C17H13ClN4O/c18-16-10-11-17(22-20-16)21-19-12-13-6-8-15(9-7-13)23-14-4-2-1-3-5-14/h1-12H,(H,21,22). The zero-order valence-electron chi connectivity index (χ0n) is 12.1. The average Bonchev–Trinajstić information content (AvgIpc) is 2.59. The second-order valence-corrected chi connectivity index (χ2v) is 4.98. The van der Waals surface area contributed by atoms with Crippen LogP contribution >= 0.6 is 11.6 Å². The van der Waals surface area contributed by atoms with Gasteiger partial charge >= 0.3 is 0 Å². The van der Waals surface area contributed by atoms with Crippen LogP contribution in [-0.4, -0.2) is 16.4 Å². The Morgan fingerprint density at radius 3 is 2.30 bits per heavy atom. The maximum atomic E-state index is 5.73. The first-order valence-corrected chi connectivity index (χ1v) is 7.29. The van der Waals surface area contributed by atoms with E-state index in [4.69, 9.17) is 16.3 Å². The summed E-state index contributed by atoms with van der Waals surface area (Å²) in [6.45, 7) is 0. The van der Waals surface area contributed by atoms with Crippen LogP contribution in [0, 0.1) is 0 Å². The Hall–Kier alpha value is -2.92. The molecule has 0 aliphatic carbocycles. The van der Waals surface area contributed by atoms with Gasteiger partial charge in [0.05, 0.1) is 6.21 Å². The minimum atomic E-state index is 0.341. The number of ether oxygens (including phenoxy) is 1. The highest BCUT2D eigenvalue weighted by Gasteiger charge is 1.96. The Balaban J connectivity index is 1.58. The fraction of sp³-hybridized carbons (Fsp3) is 0. The molecule has 1 aromatic heterocycles. The number of hydrazone groups is 1. The first-order valence-electron chi connectivity index (χ1n) is 6.91. The van der Waals surface area contributed by atoms with Gasteiger partial charge in [0.15, 0.2) is 11.0 Å². The van der Waals surface area contributed by atoms with Crippen molar-refractivity contribution < 1.29 is 4.74 Å². The fourth-order valence-electron chi connectivity index (χ4n) is 1.80. The Morgan fingerprint density at radius 1 is 0.870 bits per heavy atom. The van der Waals surface area contributed by atoms with Crippen LogP contribution in [0.15, 0.2) is 71.8 Å². The molecular weight excluding hydrogens is 312 g/mol. The van der Waals surface area contributed by atoms with Crippen molar-refractivity contribution >= 4 is 23.6 Å². The third-order valence-electron chi connectivity index (χ3n) is 2.88. The number of benzene rings is 2. The van der Waals surface area contributed by atoms with Crippen LogP contribution in [0.5, 0.6) is 11.5 Å². The molecule has 1 N–H and O–H groups in total. The molecule has 1 heterocycles. The van der Waals surface area contributed by atoms with Crippen molar-refractivity contribution in [2.45, 2.75) is 0 Å². The maximum Gasteiger partial charge on any atom is 0.168 e. The van der Waals surface area contributed by atoms with Gasteiger partial charge in [-0.1, -0.05) is 29.8 Å². The summed E-state index contributed by atoms with van der Waals surface area (Å²) in [5.41, 5.74) is 3.71. The highest BCUT2D eigenvalue weighted by molar-refractivity contribution is 6.29. The van der Waals surface area contributed by atoms with Crippen LogP contribution < -0.4 is 10.2 Å². The van der Waals surface area contributed by atoms with Gasteiger partial charge in [-0.15, -0.1) is 10.2 Å². The lowest BCUT2D eigenvalue weighted by atomic mass is 10.2. The summed E-state index contributed by atoms with van der Waals surface area (Å²) < 4.78 is 5.73. The summed E-state index contributed by atoms with van der Waals surface area (Å²) in [6.07, 6.45) is 1.68. The summed E-state index contributed by atoms with van der Waals surface area (Å²) in [4.78, 5) is 0. The Kier molecular flexibility index (Phi) is 4.81. The fourth-order valence-corrected chi connectivity index (χ4v) is 1.90. The van der Waals surface area contributed by atoms with Gasteiger partial charge in [0, 0.05) is 0 Å². The van der Waals surface area contributed by atoms with Crippen LogP contribution in [0.1, 0.15) is 5.56 Å². The van der Waals surface area contributed by atoms with E-state index in [0.717, 1.165) is 17.1 Å². The summed E-state index contributed by atoms with van der Waals surface area (Å²) in [6, 6.07) is 20.6. The van der Waals surface area contributed by atoms with Crippen LogP contribution in [0.3, 0.4) is 0 Å². The molecule has 0 radical (unpaired) electrons. The third kappa shape index (κ3) is 4.52. The van der Waals surface area contributed by atoms with Gasteiger partial charge in [-0.3, -0.25) is 5.43 Å². The summed E-state index contributed by atoms with van der Waals surface area (Å²) >= 11 is 5.66. The van der Waals surface area contributed by atoms with Gasteiger partial charge in [0.2, 0.25) is 0 Å². The zero-order valence-corrected chi connectivity index (χ0v) is 12.8. The van der Waals surface area contributed by atoms with Gasteiger partial charge in [-0.05, 0) is 54.1 Å². The van der Waals surface area contributed by atoms with E-state index in [1.807, 2.05) is 54.6 Å². The molecule has 5 nitrogen and oxygen atoms in total. The molecule has 3 aromatic rings. The minimum absolute atomic E-state index is 0.341. The number of aromatic nitrogens is 2. The Morgan fingerprint density at radius 2 is 1.61 bits per heavy atom. The van der Waals surface area contributed by atoms with E-state index in [-0.39, 0.29) is 0 Å². The minimum Gasteiger partial charge on any atom is -0.457 e. The van der Waals surface area contributed by atoms with E-state index in [1.165, 1.54) is 0 Å². The van der Waals surface area contributed by atoms with Crippen molar-refractivity contribution in [2.75, 3.05) is 5.43 Å². The first kappa shape index (κ1) is 15.0. The highest BCUT2D eigenvalue weighted by atomic mass is 35.5. The smallest absolute Gasteiger partial charge is 0.168 e. The number of nitrogens with one attached hydrogen (secondary N) is 1. The van der Waals surface area contributed by atoms with Crippen LogP contribution in [-0.2, 0) is 0 Å². The molecule has 0 bridgehead atoms. The monoisotopic (exact) mass is 324 g/mol. The molecule has 3 rings (SSSR count). The normalized spacial score (nSPS) is 10.7. The maximum absolute atomic E-state index is 5.73. The predicted octanol–water partition coefficient (Wildman–Crippen LogP) is 4.37. The van der Waals surface area contributed by atoms with Gasteiger partial charge in [-0.25, -0.2) is 0 Å². The molecule has 0 atom stereocenters. The van der Waals surface area contributed by atoms with E-state index in [1.54, 1.807) is 18.3 Å². The molecule has 2 aromatic carbocycles. The molecule has 0 amide bonds. The van der Waals surface area contributed by atoms with Gasteiger partial charge in [0.1, 0.15) is 11.5 Å². The molecule has 0 unspecified atom stereocenters. The van der Waals surface area contributed by atoms with Gasteiger partial charge < -0.3 is 4.74 Å². The number of halogens is 1. The summed E-state index contributed by atoms with van der Waals surface area (Å²) in [7, 11) is 0. The number of hydrogen-bond acceptors (Lipinski definition) is 5. The van der Waals surface area contributed by atoms with Crippen molar-refractivity contribution in [3.05, 3.63) is 77.4 Å². The van der Waals surface area contributed by atoms with E-state index in [0.29, 0.717) is 11.0 Å². The van der Waals surface area contributed by atoms with Crippen molar-refractivity contribution in [2.24, 2.45) is 5.10 Å². The molecular formula is C17H13ClN4O. The van der Waals surface area contributed by atoms with Crippen molar-refractivity contribution in [1.82, 2.24) is 10.2 Å². The average molecular weight is 325 g/mol. The molecule has 114 valence electrons. The van der Waals surface area contributed by atoms with Crippen molar-refractivity contribution in [3.63, 3.8) is 0 Å². The van der Waals surface area contributed by atoms with Crippen LogP contribution in [0.4, 0.5) is 5.82 Å². The molecule has 6 heteroatoms. The molecule has 0 aliphatic rings. The molecule has 0 saturated heterocycles. The van der Waals surface area contributed by atoms with E-state index >= 15 is 0 Å². The summed E-state index contributed by atoms with van der Waals surface area (Å²) in [5.74, 6) is 2.09. The second-order valence-electron chi connectivity index (χ2n) is 4.60. The first-order chi connectivity index (χ1) is 11.3. The van der Waals surface area contributed by atoms with E-state index < -0.39 is 0 Å². The van der Waals surface area contributed by atoms with E-state index in [9.17, 15) is 0 Å². The number of hydrogen-bond donors (Lipinski definition) is 1.